The van der Waals surface area contributed by atoms with Crippen LogP contribution in [0, 0.1) is 5.92 Å². The predicted octanol–water partition coefficient (Wildman–Crippen LogP) is 5.69. The van der Waals surface area contributed by atoms with Gasteiger partial charge in [-0.05, 0) is 67.0 Å². The van der Waals surface area contributed by atoms with Crippen LogP contribution in [0.15, 0.2) is 48.5 Å². The number of benzene rings is 2. The fraction of sp³-hybridized carbons (Fsp3) is 0.455. The zero-order chi connectivity index (χ0) is 17.1. The molecule has 2 unspecified atom stereocenters. The minimum absolute atomic E-state index is 0. The monoisotopic (exact) mass is 391 g/mol. The van der Waals surface area contributed by atoms with Gasteiger partial charge >= 0.3 is 0 Å². The molecular formula is C22H27Cl2NO. The fourth-order valence-corrected chi connectivity index (χ4v) is 3.99. The quantitative estimate of drug-likeness (QED) is 0.682. The van der Waals surface area contributed by atoms with Crippen molar-refractivity contribution in [2.75, 3.05) is 19.8 Å². The molecule has 1 N–H and O–H groups in total. The van der Waals surface area contributed by atoms with E-state index >= 15 is 0 Å². The van der Waals surface area contributed by atoms with Crippen molar-refractivity contribution >= 4 is 24.0 Å². The molecule has 140 valence electrons. The summed E-state index contributed by atoms with van der Waals surface area (Å²) in [4.78, 5) is 0. The summed E-state index contributed by atoms with van der Waals surface area (Å²) in [5, 5.41) is 4.53. The van der Waals surface area contributed by atoms with E-state index in [1.165, 1.54) is 42.4 Å². The molecule has 0 radical (unpaired) electrons. The van der Waals surface area contributed by atoms with E-state index in [0.29, 0.717) is 12.0 Å². The predicted molar refractivity (Wildman–Crippen MR) is 111 cm³/mol. The highest BCUT2D eigenvalue weighted by molar-refractivity contribution is 6.30. The molecule has 1 aliphatic heterocycles. The van der Waals surface area contributed by atoms with Crippen LogP contribution in [0.2, 0.25) is 5.02 Å². The summed E-state index contributed by atoms with van der Waals surface area (Å²) in [5.74, 6) is 1.55. The van der Waals surface area contributed by atoms with Crippen LogP contribution < -0.4 is 5.32 Å². The molecule has 2 atom stereocenters. The Morgan fingerprint density at radius 2 is 1.54 bits per heavy atom. The van der Waals surface area contributed by atoms with E-state index < -0.39 is 0 Å². The minimum atomic E-state index is 0. The van der Waals surface area contributed by atoms with Crippen LogP contribution in [0.4, 0.5) is 0 Å². The van der Waals surface area contributed by atoms with Gasteiger partial charge in [-0.2, -0.15) is 0 Å². The first kappa shape index (κ1) is 19.7. The topological polar surface area (TPSA) is 21.3 Å². The molecule has 0 aromatic heterocycles. The van der Waals surface area contributed by atoms with Crippen LogP contribution in [0.1, 0.15) is 37.2 Å². The van der Waals surface area contributed by atoms with E-state index in [0.717, 1.165) is 30.7 Å². The summed E-state index contributed by atoms with van der Waals surface area (Å²) in [6.07, 6.45) is 5.04. The van der Waals surface area contributed by atoms with Crippen LogP contribution in [0.25, 0.3) is 11.1 Å². The molecule has 2 aliphatic rings. The molecule has 2 aromatic rings. The molecule has 1 saturated carbocycles. The Bertz CT molecular complexity index is 680. The van der Waals surface area contributed by atoms with E-state index in [-0.39, 0.29) is 12.4 Å². The van der Waals surface area contributed by atoms with Gasteiger partial charge < -0.3 is 10.1 Å². The molecule has 2 aromatic carbocycles. The molecule has 1 saturated heterocycles. The minimum Gasteiger partial charge on any atom is -0.381 e. The summed E-state index contributed by atoms with van der Waals surface area (Å²) in [5.41, 5.74) is 3.93. The average Bonchev–Trinajstić information content (AvgIpc) is 3.43. The molecule has 2 nitrogen and oxygen atoms in total. The Kier molecular flexibility index (Phi) is 6.99. The zero-order valence-corrected chi connectivity index (χ0v) is 16.6. The lowest BCUT2D eigenvalue weighted by molar-refractivity contribution is 0.0639. The molecule has 26 heavy (non-hydrogen) atoms. The lowest BCUT2D eigenvalue weighted by Gasteiger charge is -2.21. The number of hydrogen-bond acceptors (Lipinski definition) is 2. The summed E-state index contributed by atoms with van der Waals surface area (Å²) in [6.45, 7) is 3.06. The first-order valence-electron chi connectivity index (χ1n) is 9.46. The third-order valence-electron chi connectivity index (χ3n) is 5.61. The van der Waals surface area contributed by atoms with E-state index in [1.807, 2.05) is 12.1 Å². The highest BCUT2D eigenvalue weighted by Crippen LogP contribution is 2.41. The van der Waals surface area contributed by atoms with Gasteiger partial charge in [-0.3, -0.25) is 0 Å². The van der Waals surface area contributed by atoms with Gasteiger partial charge in [-0.25, -0.2) is 0 Å². The van der Waals surface area contributed by atoms with Crippen molar-refractivity contribution in [1.29, 1.82) is 0 Å². The molecule has 0 bridgehead atoms. The average molecular weight is 392 g/mol. The van der Waals surface area contributed by atoms with Crippen molar-refractivity contribution in [3.63, 3.8) is 0 Å². The van der Waals surface area contributed by atoms with Crippen molar-refractivity contribution in [2.24, 2.45) is 5.92 Å². The van der Waals surface area contributed by atoms with Gasteiger partial charge in [-0.1, -0.05) is 48.0 Å². The van der Waals surface area contributed by atoms with Crippen LogP contribution in [0.3, 0.4) is 0 Å². The number of ether oxygens (including phenoxy) is 1. The van der Waals surface area contributed by atoms with Crippen LogP contribution in [0.5, 0.6) is 0 Å². The zero-order valence-electron chi connectivity index (χ0n) is 15.0. The van der Waals surface area contributed by atoms with Gasteiger partial charge in [-0.15, -0.1) is 12.4 Å². The van der Waals surface area contributed by atoms with Crippen molar-refractivity contribution < 1.29 is 4.74 Å². The summed E-state index contributed by atoms with van der Waals surface area (Å²) < 4.78 is 5.43. The summed E-state index contributed by atoms with van der Waals surface area (Å²) in [6, 6.07) is 17.8. The Morgan fingerprint density at radius 1 is 0.923 bits per heavy atom. The van der Waals surface area contributed by atoms with Gasteiger partial charge in [0, 0.05) is 30.2 Å². The Hall–Kier alpha value is -1.06. The second-order valence-corrected chi connectivity index (χ2v) is 7.81. The van der Waals surface area contributed by atoms with E-state index in [9.17, 15) is 0 Å². The molecule has 2 fully saturated rings. The summed E-state index contributed by atoms with van der Waals surface area (Å²) in [7, 11) is 0. The molecule has 0 spiro atoms. The largest absolute Gasteiger partial charge is 0.381 e. The third kappa shape index (κ3) is 5.01. The first-order chi connectivity index (χ1) is 12.3. The number of halogens is 2. The van der Waals surface area contributed by atoms with Crippen molar-refractivity contribution in [1.82, 2.24) is 5.32 Å². The second kappa shape index (κ2) is 9.23. The maximum Gasteiger partial charge on any atom is 0.0468 e. The van der Waals surface area contributed by atoms with Crippen molar-refractivity contribution in [2.45, 2.75) is 37.6 Å². The van der Waals surface area contributed by atoms with Crippen LogP contribution in [-0.4, -0.2) is 25.8 Å². The van der Waals surface area contributed by atoms with Gasteiger partial charge in [0.25, 0.3) is 0 Å². The van der Waals surface area contributed by atoms with E-state index in [4.69, 9.17) is 16.3 Å². The number of nitrogens with one attached hydrogen (secondary N) is 1. The Morgan fingerprint density at radius 3 is 2.19 bits per heavy atom. The molecule has 4 rings (SSSR count). The second-order valence-electron chi connectivity index (χ2n) is 7.38. The van der Waals surface area contributed by atoms with Gasteiger partial charge in [0.05, 0.1) is 0 Å². The van der Waals surface area contributed by atoms with Crippen LogP contribution >= 0.6 is 24.0 Å². The Labute approximate surface area is 167 Å². The van der Waals surface area contributed by atoms with Gasteiger partial charge in [0.1, 0.15) is 0 Å². The van der Waals surface area contributed by atoms with E-state index in [2.05, 4.69) is 41.7 Å². The highest BCUT2D eigenvalue weighted by atomic mass is 35.5. The van der Waals surface area contributed by atoms with Gasteiger partial charge in [0.2, 0.25) is 0 Å². The third-order valence-corrected chi connectivity index (χ3v) is 5.86. The fourth-order valence-electron chi connectivity index (χ4n) is 3.86. The normalized spacial score (nSPS) is 22.7. The van der Waals surface area contributed by atoms with Crippen molar-refractivity contribution in [3.05, 3.63) is 59.1 Å². The number of hydrogen-bond donors (Lipinski definition) is 1. The smallest absolute Gasteiger partial charge is 0.0468 e. The summed E-state index contributed by atoms with van der Waals surface area (Å²) >= 11 is 5.97. The maximum atomic E-state index is 5.97. The molecule has 1 heterocycles. The molecule has 4 heteroatoms. The van der Waals surface area contributed by atoms with Gasteiger partial charge in [0.15, 0.2) is 0 Å². The maximum absolute atomic E-state index is 5.97. The van der Waals surface area contributed by atoms with Crippen molar-refractivity contribution in [3.8, 4) is 11.1 Å². The first-order valence-corrected chi connectivity index (χ1v) is 9.84. The Balaban J connectivity index is 0.00000196. The lowest BCUT2D eigenvalue weighted by Crippen LogP contribution is -2.24. The highest BCUT2D eigenvalue weighted by Gasteiger charge is 2.37. The standard InChI is InChI=1S/C22H26ClNO.ClH/c23-20-7-5-18(6-8-20)17-1-3-19(4-2-17)21-15-22(21)24-12-9-16-10-13-25-14-11-16;/h1-8,16,21-22,24H,9-15H2;1H. The molecule has 0 amide bonds. The van der Waals surface area contributed by atoms with Crippen LogP contribution in [-0.2, 0) is 4.74 Å². The van der Waals surface area contributed by atoms with E-state index in [1.54, 1.807) is 0 Å². The lowest BCUT2D eigenvalue weighted by atomic mass is 9.97. The molecule has 1 aliphatic carbocycles. The number of rotatable bonds is 6. The SMILES string of the molecule is Cl.Clc1ccc(-c2ccc(C3CC3NCCC3CCOCC3)cc2)cc1. The molecular weight excluding hydrogens is 365 g/mol.